The summed E-state index contributed by atoms with van der Waals surface area (Å²) in [6, 6.07) is 0. The zero-order valence-corrected chi connectivity index (χ0v) is 12.7. The maximum Gasteiger partial charge on any atom is 0.229 e. The first kappa shape index (κ1) is 14.8. The van der Waals surface area contributed by atoms with Gasteiger partial charge in [-0.25, -0.2) is 0 Å². The third-order valence-corrected chi connectivity index (χ3v) is 4.99. The topological polar surface area (TPSA) is 35.6 Å². The number of carbonyl (C=O) groups is 1. The van der Waals surface area contributed by atoms with Gasteiger partial charge < -0.3 is 15.1 Å². The third-order valence-electron chi connectivity index (χ3n) is 4.99. The minimum Gasteiger partial charge on any atom is -0.345 e. The summed E-state index contributed by atoms with van der Waals surface area (Å²) >= 11 is 0. The van der Waals surface area contributed by atoms with Crippen LogP contribution < -0.4 is 5.32 Å². The van der Waals surface area contributed by atoms with Gasteiger partial charge in [-0.05, 0) is 52.2 Å². The molecule has 2 rings (SSSR count). The Labute approximate surface area is 117 Å². The van der Waals surface area contributed by atoms with E-state index in [1.54, 1.807) is 0 Å². The lowest BCUT2D eigenvalue weighted by Gasteiger charge is -2.42. The van der Waals surface area contributed by atoms with E-state index in [-0.39, 0.29) is 5.41 Å². The molecule has 0 aromatic heterocycles. The Balaban J connectivity index is 1.78. The molecule has 4 nitrogen and oxygen atoms in total. The van der Waals surface area contributed by atoms with E-state index in [1.165, 1.54) is 25.9 Å². The number of carbonyl (C=O) groups excluding carboxylic acids is 1. The molecule has 1 amide bonds. The third kappa shape index (κ3) is 3.29. The zero-order chi connectivity index (χ0) is 13.9. The number of hydrogen-bond acceptors (Lipinski definition) is 3. The van der Waals surface area contributed by atoms with E-state index in [0.717, 1.165) is 38.3 Å². The summed E-state index contributed by atoms with van der Waals surface area (Å²) in [6.07, 6.45) is 5.77. The van der Waals surface area contributed by atoms with Crippen molar-refractivity contribution in [1.82, 2.24) is 15.1 Å². The number of nitrogens with one attached hydrogen (secondary N) is 1. The van der Waals surface area contributed by atoms with Gasteiger partial charge in [-0.3, -0.25) is 4.79 Å². The van der Waals surface area contributed by atoms with Crippen LogP contribution in [0.25, 0.3) is 0 Å². The lowest BCUT2D eigenvalue weighted by Crippen LogP contribution is -2.51. The quantitative estimate of drug-likeness (QED) is 0.785. The maximum absolute atomic E-state index is 12.6. The molecule has 0 spiro atoms. The monoisotopic (exact) mass is 267 g/mol. The van der Waals surface area contributed by atoms with Crippen LogP contribution in [0.3, 0.4) is 0 Å². The van der Waals surface area contributed by atoms with E-state index < -0.39 is 0 Å². The predicted octanol–water partition coefficient (Wildman–Crippen LogP) is 1.18. The molecular formula is C15H29N3O. The van der Waals surface area contributed by atoms with Gasteiger partial charge in [0.15, 0.2) is 0 Å². The van der Waals surface area contributed by atoms with Crippen molar-refractivity contribution in [1.29, 1.82) is 0 Å². The summed E-state index contributed by atoms with van der Waals surface area (Å²) in [5.74, 6) is 1.14. The van der Waals surface area contributed by atoms with E-state index in [4.69, 9.17) is 0 Å². The Bertz CT molecular complexity index is 315. The Morgan fingerprint density at radius 2 is 2.21 bits per heavy atom. The molecule has 1 aliphatic heterocycles. The van der Waals surface area contributed by atoms with Crippen molar-refractivity contribution in [3.05, 3.63) is 0 Å². The van der Waals surface area contributed by atoms with Crippen molar-refractivity contribution >= 4 is 5.91 Å². The highest BCUT2D eigenvalue weighted by atomic mass is 16.2. The second kappa shape index (κ2) is 6.23. The molecule has 110 valence electrons. The fraction of sp³-hybridized carbons (Fsp3) is 0.933. The van der Waals surface area contributed by atoms with Crippen LogP contribution in [0.2, 0.25) is 0 Å². The molecule has 0 bridgehead atoms. The Morgan fingerprint density at radius 1 is 1.47 bits per heavy atom. The fourth-order valence-corrected chi connectivity index (χ4v) is 3.55. The highest BCUT2D eigenvalue weighted by Gasteiger charge is 2.44. The molecule has 2 fully saturated rings. The van der Waals surface area contributed by atoms with E-state index >= 15 is 0 Å². The highest BCUT2D eigenvalue weighted by molar-refractivity contribution is 5.83. The summed E-state index contributed by atoms with van der Waals surface area (Å²) in [6.45, 7) is 4.17. The van der Waals surface area contributed by atoms with Crippen LogP contribution >= 0.6 is 0 Å². The smallest absolute Gasteiger partial charge is 0.229 e. The van der Waals surface area contributed by atoms with E-state index in [9.17, 15) is 4.79 Å². The van der Waals surface area contributed by atoms with Crippen LogP contribution in [0.4, 0.5) is 0 Å². The first-order chi connectivity index (χ1) is 9.07. The van der Waals surface area contributed by atoms with Crippen LogP contribution in [0, 0.1) is 11.3 Å². The molecule has 2 aliphatic rings. The molecule has 4 heteroatoms. The minimum atomic E-state index is -0.0873. The standard InChI is InChI=1S/C15H29N3O/c1-16-12-15(7-4-8-15)14(19)18(3)10-6-13-5-9-17(2)11-13/h13,16H,4-12H2,1-3H3. The largest absolute Gasteiger partial charge is 0.345 e. The molecule has 1 N–H and O–H groups in total. The Hall–Kier alpha value is -0.610. The summed E-state index contributed by atoms with van der Waals surface area (Å²) in [5.41, 5.74) is -0.0873. The van der Waals surface area contributed by atoms with Gasteiger partial charge in [0, 0.05) is 26.7 Å². The first-order valence-electron chi connectivity index (χ1n) is 7.66. The Morgan fingerprint density at radius 3 is 2.68 bits per heavy atom. The molecule has 1 unspecified atom stereocenters. The fourth-order valence-electron chi connectivity index (χ4n) is 3.55. The van der Waals surface area contributed by atoms with Crippen LogP contribution in [0.1, 0.15) is 32.1 Å². The van der Waals surface area contributed by atoms with Crippen LogP contribution in [0.5, 0.6) is 0 Å². The van der Waals surface area contributed by atoms with Gasteiger partial charge in [0.1, 0.15) is 0 Å². The van der Waals surface area contributed by atoms with Crippen LogP contribution in [0.15, 0.2) is 0 Å². The molecule has 19 heavy (non-hydrogen) atoms. The predicted molar refractivity (Wildman–Crippen MR) is 78.1 cm³/mol. The lowest BCUT2D eigenvalue weighted by molar-refractivity contribution is -0.145. The molecule has 1 saturated heterocycles. The van der Waals surface area contributed by atoms with Crippen LogP contribution in [-0.2, 0) is 4.79 Å². The summed E-state index contributed by atoms with van der Waals surface area (Å²) in [5, 5.41) is 3.20. The number of nitrogens with zero attached hydrogens (tertiary/aromatic N) is 2. The highest BCUT2D eigenvalue weighted by Crippen LogP contribution is 2.41. The lowest BCUT2D eigenvalue weighted by atomic mass is 9.67. The molecule has 1 heterocycles. The van der Waals surface area contributed by atoms with E-state index in [2.05, 4.69) is 17.3 Å². The van der Waals surface area contributed by atoms with Gasteiger partial charge in [0.25, 0.3) is 0 Å². The SMILES string of the molecule is CNCC1(C(=O)N(C)CCC2CCN(C)C2)CCC1. The van der Waals surface area contributed by atoms with E-state index in [1.807, 2.05) is 19.0 Å². The Kier molecular flexibility index (Phi) is 4.85. The van der Waals surface area contributed by atoms with Gasteiger partial charge in [-0.2, -0.15) is 0 Å². The average molecular weight is 267 g/mol. The van der Waals surface area contributed by atoms with Crippen molar-refractivity contribution in [2.75, 3.05) is 47.3 Å². The molecule has 1 saturated carbocycles. The molecular weight excluding hydrogens is 238 g/mol. The van der Waals surface area contributed by atoms with Gasteiger partial charge >= 0.3 is 0 Å². The summed E-state index contributed by atoms with van der Waals surface area (Å²) in [4.78, 5) is 17.0. The normalized spacial score (nSPS) is 26.2. The maximum atomic E-state index is 12.6. The average Bonchev–Trinajstić information content (AvgIpc) is 2.76. The second-order valence-electron chi connectivity index (χ2n) is 6.60. The zero-order valence-electron chi connectivity index (χ0n) is 12.7. The number of amides is 1. The van der Waals surface area contributed by atoms with Crippen molar-refractivity contribution in [2.45, 2.75) is 32.1 Å². The van der Waals surface area contributed by atoms with Crippen LogP contribution in [-0.4, -0.2) is 63.0 Å². The molecule has 1 aliphatic carbocycles. The molecule has 0 aromatic carbocycles. The van der Waals surface area contributed by atoms with Crippen molar-refractivity contribution in [2.24, 2.45) is 11.3 Å². The summed E-state index contributed by atoms with van der Waals surface area (Å²) < 4.78 is 0. The van der Waals surface area contributed by atoms with Gasteiger partial charge in [-0.15, -0.1) is 0 Å². The second-order valence-corrected chi connectivity index (χ2v) is 6.60. The molecule has 0 radical (unpaired) electrons. The van der Waals surface area contributed by atoms with Crippen molar-refractivity contribution in [3.63, 3.8) is 0 Å². The number of rotatable bonds is 6. The number of hydrogen-bond donors (Lipinski definition) is 1. The number of likely N-dealkylation sites (tertiary alicyclic amines) is 1. The minimum absolute atomic E-state index is 0.0873. The first-order valence-corrected chi connectivity index (χ1v) is 7.66. The van der Waals surface area contributed by atoms with Crippen molar-refractivity contribution < 1.29 is 4.79 Å². The molecule has 0 aromatic rings. The van der Waals surface area contributed by atoms with Gasteiger partial charge in [-0.1, -0.05) is 6.42 Å². The summed E-state index contributed by atoms with van der Waals surface area (Å²) in [7, 11) is 6.11. The van der Waals surface area contributed by atoms with Gasteiger partial charge in [0.05, 0.1) is 5.41 Å². The molecule has 1 atom stereocenters. The van der Waals surface area contributed by atoms with E-state index in [0.29, 0.717) is 5.91 Å². The van der Waals surface area contributed by atoms with Gasteiger partial charge in [0.2, 0.25) is 5.91 Å². The van der Waals surface area contributed by atoms with Crippen molar-refractivity contribution in [3.8, 4) is 0 Å².